The smallest absolute Gasteiger partial charge is 0.375 e. The third kappa shape index (κ3) is 9.02. The van der Waals surface area contributed by atoms with Gasteiger partial charge in [-0.25, -0.2) is 9.13 Å². The molecule has 2 aromatic carbocycles. The molecule has 4 aromatic rings. The summed E-state index contributed by atoms with van der Waals surface area (Å²) < 4.78 is 4.17. The zero-order valence-electron chi connectivity index (χ0n) is 22.6. The molecule has 0 saturated heterocycles. The van der Waals surface area contributed by atoms with Gasteiger partial charge in [-0.1, -0.05) is 14.9 Å². The summed E-state index contributed by atoms with van der Waals surface area (Å²) in [6.07, 6.45) is 6.30. The molecule has 0 amide bonds. The van der Waals surface area contributed by atoms with E-state index in [0.29, 0.717) is 0 Å². The third-order valence-corrected chi connectivity index (χ3v) is 7.89. The lowest BCUT2D eigenvalue weighted by atomic mass is 10.2. The largest absolute Gasteiger partial charge is 0.408 e. The van der Waals surface area contributed by atoms with Crippen molar-refractivity contribution in [2.75, 3.05) is 37.0 Å². The van der Waals surface area contributed by atoms with Crippen LogP contribution in [0, 0.1) is 0 Å². The number of thiazole rings is 2. The van der Waals surface area contributed by atoms with Crippen molar-refractivity contribution in [3.05, 3.63) is 71.7 Å². The Morgan fingerprint density at radius 2 is 0.975 bits per heavy atom. The Morgan fingerprint density at radius 1 is 0.600 bits per heavy atom. The van der Waals surface area contributed by atoms with Gasteiger partial charge in [0.1, 0.15) is 23.8 Å². The molecule has 0 bridgehead atoms. The van der Waals surface area contributed by atoms with Gasteiger partial charge in [-0.3, -0.25) is 0 Å². The van der Waals surface area contributed by atoms with E-state index < -0.39 is 0 Å². The number of benzene rings is 2. The molecule has 0 aliphatic rings. The van der Waals surface area contributed by atoms with Gasteiger partial charge in [0, 0.05) is 49.3 Å². The molecule has 0 saturated carbocycles. The number of unbranched alkanes of at least 4 members (excludes halogenated alkanes) is 1. The molecule has 0 unspecified atom stereocenters. The van der Waals surface area contributed by atoms with Crippen LogP contribution in [-0.2, 0) is 13.1 Å². The maximum Gasteiger partial charge on any atom is 0.408 e. The van der Waals surface area contributed by atoms with Gasteiger partial charge in [-0.15, -0.1) is 0 Å². The molecule has 40 heavy (non-hydrogen) atoms. The second-order valence-corrected chi connectivity index (χ2v) is 10.7. The third-order valence-electron chi connectivity index (χ3n) is 6.32. The monoisotopic (exact) mass is 580 g/mol. The standard InChI is InChI=1S/C28H36N8S2.2CH4/c1-5-35-19-21-37-27(35)31-29-23-9-13-25(14-10-23)33(3)17-7-8-18-34(4)26-15-11-24(12-16-26)30-32-28-36(6-2)20-22-38-28;;/h9-16,19-22H,5-8,17-18H2,1-4H3;2*1H4/q+2;;. The molecule has 10 heteroatoms. The molecule has 0 spiro atoms. The van der Waals surface area contributed by atoms with E-state index in [1.165, 1.54) is 11.4 Å². The molecule has 8 nitrogen and oxygen atoms in total. The molecule has 214 valence electrons. The van der Waals surface area contributed by atoms with Crippen LogP contribution in [0.3, 0.4) is 0 Å². The van der Waals surface area contributed by atoms with Crippen LogP contribution in [0.5, 0.6) is 0 Å². The number of aryl methyl sites for hydroxylation is 2. The van der Waals surface area contributed by atoms with E-state index in [-0.39, 0.29) is 14.9 Å². The number of azo groups is 2. The van der Waals surface area contributed by atoms with Crippen LogP contribution < -0.4 is 18.9 Å². The zero-order valence-corrected chi connectivity index (χ0v) is 24.2. The molecule has 0 atom stereocenters. The van der Waals surface area contributed by atoms with Gasteiger partial charge in [0.25, 0.3) is 0 Å². The Kier molecular flexibility index (Phi) is 13.5. The average molecular weight is 581 g/mol. The van der Waals surface area contributed by atoms with E-state index >= 15 is 0 Å². The topological polar surface area (TPSA) is 63.7 Å². The van der Waals surface area contributed by atoms with Crippen molar-refractivity contribution in [2.24, 2.45) is 20.5 Å². The van der Waals surface area contributed by atoms with E-state index in [1.807, 2.05) is 47.4 Å². The lowest BCUT2D eigenvalue weighted by molar-refractivity contribution is -0.677. The van der Waals surface area contributed by atoms with Gasteiger partial charge >= 0.3 is 10.3 Å². The number of rotatable bonds is 13. The van der Waals surface area contributed by atoms with Crippen LogP contribution in [0.2, 0.25) is 0 Å². The maximum atomic E-state index is 4.39. The Balaban J connectivity index is 0.00000280. The molecule has 0 aliphatic carbocycles. The van der Waals surface area contributed by atoms with E-state index in [4.69, 9.17) is 0 Å². The average Bonchev–Trinajstić information content (AvgIpc) is 3.62. The Morgan fingerprint density at radius 3 is 1.32 bits per heavy atom. The van der Waals surface area contributed by atoms with Crippen molar-refractivity contribution in [1.82, 2.24) is 0 Å². The number of aromatic nitrogens is 2. The molecular formula is C30H44N8S2+2. The Bertz CT molecular complexity index is 1220. The summed E-state index contributed by atoms with van der Waals surface area (Å²) in [5.74, 6) is 0. The van der Waals surface area contributed by atoms with Crippen molar-refractivity contribution >= 4 is 55.7 Å². The molecule has 2 heterocycles. The fraction of sp³-hybridized carbons (Fsp3) is 0.400. The van der Waals surface area contributed by atoms with Gasteiger partial charge in [-0.05, 0) is 108 Å². The molecule has 0 radical (unpaired) electrons. The van der Waals surface area contributed by atoms with Crippen molar-refractivity contribution < 1.29 is 9.13 Å². The number of hydrogen-bond donors (Lipinski definition) is 0. The maximum absolute atomic E-state index is 4.39. The van der Waals surface area contributed by atoms with E-state index in [2.05, 4.69) is 91.6 Å². The van der Waals surface area contributed by atoms with Crippen molar-refractivity contribution in [3.8, 4) is 0 Å². The number of nitrogens with zero attached hydrogens (tertiary/aromatic N) is 8. The first-order chi connectivity index (χ1) is 18.6. The Labute approximate surface area is 248 Å². The Hall–Kier alpha value is -3.50. The van der Waals surface area contributed by atoms with Crippen molar-refractivity contribution in [3.63, 3.8) is 0 Å². The van der Waals surface area contributed by atoms with Gasteiger partial charge < -0.3 is 9.80 Å². The van der Waals surface area contributed by atoms with Crippen LogP contribution in [0.1, 0.15) is 41.5 Å². The summed E-state index contributed by atoms with van der Waals surface area (Å²) in [7, 11) is 4.28. The first-order valence-corrected chi connectivity index (χ1v) is 14.7. The summed E-state index contributed by atoms with van der Waals surface area (Å²) >= 11 is 3.20. The molecule has 0 fully saturated rings. The second kappa shape index (κ2) is 16.6. The van der Waals surface area contributed by atoms with E-state index in [9.17, 15) is 0 Å². The second-order valence-electron chi connectivity index (χ2n) is 8.93. The van der Waals surface area contributed by atoms with Crippen LogP contribution in [-0.4, -0.2) is 27.2 Å². The normalized spacial score (nSPS) is 11.0. The van der Waals surface area contributed by atoms with Gasteiger partial charge in [0.15, 0.2) is 0 Å². The SMILES string of the molecule is C.C.CC[n+]1ccsc1N=Nc1ccc(N(C)CCCCN(C)c2ccc(N=Nc3scc[n+]3CC)cc2)cc1. The summed E-state index contributed by atoms with van der Waals surface area (Å²) in [4.78, 5) is 4.59. The predicted octanol–water partition coefficient (Wildman–Crippen LogP) is 8.88. The highest BCUT2D eigenvalue weighted by atomic mass is 32.1. The summed E-state index contributed by atoms with van der Waals surface area (Å²) in [6.45, 7) is 8.00. The van der Waals surface area contributed by atoms with Crippen molar-refractivity contribution in [2.45, 2.75) is 54.6 Å². The van der Waals surface area contributed by atoms with Crippen LogP contribution >= 0.6 is 22.7 Å². The summed E-state index contributed by atoms with van der Waals surface area (Å²) in [6, 6.07) is 16.6. The molecule has 0 aliphatic heterocycles. The zero-order chi connectivity index (χ0) is 26.7. The summed E-state index contributed by atoms with van der Waals surface area (Å²) in [5.41, 5.74) is 4.11. The fourth-order valence-electron chi connectivity index (χ4n) is 3.94. The van der Waals surface area contributed by atoms with Crippen LogP contribution in [0.25, 0.3) is 0 Å². The van der Waals surface area contributed by atoms with Crippen LogP contribution in [0.4, 0.5) is 33.0 Å². The van der Waals surface area contributed by atoms with E-state index in [0.717, 1.165) is 60.7 Å². The predicted molar refractivity (Wildman–Crippen MR) is 171 cm³/mol. The number of anilines is 2. The minimum absolute atomic E-state index is 0. The first-order valence-electron chi connectivity index (χ1n) is 13.0. The van der Waals surface area contributed by atoms with Gasteiger partial charge in [-0.2, -0.15) is 0 Å². The highest BCUT2D eigenvalue weighted by molar-refractivity contribution is 7.13. The highest BCUT2D eigenvalue weighted by Gasteiger charge is 2.11. The number of hydrogen-bond acceptors (Lipinski definition) is 8. The molecular weight excluding hydrogens is 537 g/mol. The van der Waals surface area contributed by atoms with Crippen molar-refractivity contribution in [1.29, 1.82) is 0 Å². The first kappa shape index (κ1) is 32.7. The van der Waals surface area contributed by atoms with E-state index in [1.54, 1.807) is 22.7 Å². The lowest BCUT2D eigenvalue weighted by Crippen LogP contribution is -2.28. The quantitative estimate of drug-likeness (QED) is 0.0900. The minimum Gasteiger partial charge on any atom is -0.375 e. The summed E-state index contributed by atoms with van der Waals surface area (Å²) in [5, 5.41) is 23.5. The van der Waals surface area contributed by atoms with Gasteiger partial charge in [0.05, 0.1) is 23.3 Å². The molecule has 2 aromatic heterocycles. The lowest BCUT2D eigenvalue weighted by Gasteiger charge is -2.22. The van der Waals surface area contributed by atoms with Crippen LogP contribution in [0.15, 0.2) is 92.1 Å². The van der Waals surface area contributed by atoms with Gasteiger partial charge in [0.2, 0.25) is 0 Å². The highest BCUT2D eigenvalue weighted by Crippen LogP contribution is 2.24. The molecule has 0 N–H and O–H groups in total. The molecule has 4 rings (SSSR count). The fourth-order valence-corrected chi connectivity index (χ4v) is 5.43. The minimum atomic E-state index is 0.